The monoisotopic (exact) mass is 459 g/mol. The molecule has 0 spiro atoms. The first-order valence-corrected chi connectivity index (χ1v) is 12.2. The number of fused-ring (bicyclic) bond motifs is 3. The van der Waals surface area contributed by atoms with E-state index in [1.807, 2.05) is 12.1 Å². The number of aryl methyl sites for hydroxylation is 3. The van der Waals surface area contributed by atoms with Gasteiger partial charge in [0, 0.05) is 34.9 Å². The van der Waals surface area contributed by atoms with Crippen LogP contribution in [-0.4, -0.2) is 0 Å². The van der Waals surface area contributed by atoms with Crippen LogP contribution in [0.4, 0.5) is 5.69 Å². The maximum absolute atomic E-state index is 7.81. The van der Waals surface area contributed by atoms with Gasteiger partial charge < -0.3 is 4.42 Å². The Morgan fingerprint density at radius 2 is 1.43 bits per heavy atom. The van der Waals surface area contributed by atoms with E-state index in [2.05, 4.69) is 100 Å². The highest BCUT2D eigenvalue weighted by molar-refractivity contribution is 6.15. The summed E-state index contributed by atoms with van der Waals surface area (Å²) < 4.78 is 9.03. The average molecular weight is 460 g/mol. The third-order valence-corrected chi connectivity index (χ3v) is 7.32. The second-order valence-corrected chi connectivity index (χ2v) is 9.98. The summed E-state index contributed by atoms with van der Waals surface area (Å²) in [5.41, 5.74) is 12.7. The van der Waals surface area contributed by atoms with Gasteiger partial charge in [0.05, 0.1) is 12.1 Å². The molecule has 0 amide bonds. The standard InChI is InChI=1S/C32H31N2O/c1-18(2)28-21(5)17-27(34(8)22(28)6)29-20(4)11-14-24-25-15-16-26(33-7)30(32(25)35-31(24)29)23-12-9-19(3)10-13-23/h9-18H,1-6,8H3/q+1. The number of furan rings is 1. The van der Waals surface area contributed by atoms with E-state index in [1.54, 1.807) is 0 Å². The van der Waals surface area contributed by atoms with Crippen molar-refractivity contribution < 1.29 is 8.98 Å². The fraction of sp³-hybridized carbons (Fsp3) is 0.250. The summed E-state index contributed by atoms with van der Waals surface area (Å²) in [4.78, 5) is 3.84. The molecule has 3 heteroatoms. The van der Waals surface area contributed by atoms with Crippen molar-refractivity contribution in [1.82, 2.24) is 0 Å². The number of rotatable bonds is 3. The highest BCUT2D eigenvalue weighted by Gasteiger charge is 2.26. The fourth-order valence-corrected chi connectivity index (χ4v) is 5.54. The topological polar surface area (TPSA) is 21.4 Å². The summed E-state index contributed by atoms with van der Waals surface area (Å²) in [6.45, 7) is 20.9. The number of aromatic nitrogens is 1. The van der Waals surface area contributed by atoms with E-state index >= 15 is 0 Å². The van der Waals surface area contributed by atoms with Crippen molar-refractivity contribution in [2.75, 3.05) is 0 Å². The van der Waals surface area contributed by atoms with Gasteiger partial charge in [-0.15, -0.1) is 0 Å². The maximum Gasteiger partial charge on any atom is 0.216 e. The lowest BCUT2D eigenvalue weighted by Gasteiger charge is -2.15. The average Bonchev–Trinajstić information content (AvgIpc) is 3.20. The number of benzene rings is 3. The van der Waals surface area contributed by atoms with Crippen LogP contribution in [0, 0.1) is 34.3 Å². The van der Waals surface area contributed by atoms with Crippen LogP contribution < -0.4 is 4.57 Å². The van der Waals surface area contributed by atoms with Crippen molar-refractivity contribution >= 4 is 27.6 Å². The van der Waals surface area contributed by atoms with Gasteiger partial charge in [-0.3, -0.25) is 0 Å². The molecule has 3 aromatic carbocycles. The Bertz CT molecular complexity index is 1660. The lowest BCUT2D eigenvalue weighted by molar-refractivity contribution is -0.667. The van der Waals surface area contributed by atoms with Crippen LogP contribution in [0.2, 0.25) is 0 Å². The third-order valence-electron chi connectivity index (χ3n) is 7.32. The minimum atomic E-state index is 0.461. The molecule has 0 atom stereocenters. The van der Waals surface area contributed by atoms with Crippen molar-refractivity contribution in [2.45, 2.75) is 47.5 Å². The minimum Gasteiger partial charge on any atom is -0.456 e. The van der Waals surface area contributed by atoms with Crippen LogP contribution in [0.3, 0.4) is 0 Å². The van der Waals surface area contributed by atoms with E-state index in [-0.39, 0.29) is 0 Å². The van der Waals surface area contributed by atoms with Gasteiger partial charge in [0.2, 0.25) is 5.69 Å². The Balaban J connectivity index is 1.88. The summed E-state index contributed by atoms with van der Waals surface area (Å²) in [7, 11) is 2.14. The highest BCUT2D eigenvalue weighted by Crippen LogP contribution is 2.44. The van der Waals surface area contributed by atoms with Gasteiger partial charge >= 0.3 is 0 Å². The molecule has 0 saturated heterocycles. The van der Waals surface area contributed by atoms with Crippen molar-refractivity contribution in [3.63, 3.8) is 0 Å². The molecule has 2 aromatic heterocycles. The Morgan fingerprint density at radius 3 is 2.06 bits per heavy atom. The summed E-state index contributed by atoms with van der Waals surface area (Å²) in [5.74, 6) is 0.461. The molecule has 0 fully saturated rings. The van der Waals surface area contributed by atoms with Crippen LogP contribution in [-0.2, 0) is 7.05 Å². The lowest BCUT2D eigenvalue weighted by atomic mass is 9.93. The van der Waals surface area contributed by atoms with Crippen LogP contribution >= 0.6 is 0 Å². The molecule has 174 valence electrons. The Hall–Kier alpha value is -3.90. The molecule has 35 heavy (non-hydrogen) atoms. The highest BCUT2D eigenvalue weighted by atomic mass is 16.3. The number of hydrogen-bond donors (Lipinski definition) is 0. The van der Waals surface area contributed by atoms with Gasteiger partial charge in [-0.1, -0.05) is 67.9 Å². The molecule has 0 unspecified atom stereocenters. The molecule has 3 nitrogen and oxygen atoms in total. The van der Waals surface area contributed by atoms with E-state index in [0.717, 1.165) is 44.3 Å². The largest absolute Gasteiger partial charge is 0.456 e. The van der Waals surface area contributed by atoms with Gasteiger partial charge in [-0.2, -0.15) is 4.57 Å². The zero-order chi connectivity index (χ0) is 25.0. The van der Waals surface area contributed by atoms with Crippen LogP contribution in [0.5, 0.6) is 0 Å². The summed E-state index contributed by atoms with van der Waals surface area (Å²) in [6.07, 6.45) is 0. The van der Waals surface area contributed by atoms with Crippen molar-refractivity contribution in [3.05, 3.63) is 94.0 Å². The van der Waals surface area contributed by atoms with Gasteiger partial charge in [-0.25, -0.2) is 4.85 Å². The number of pyridine rings is 1. The second kappa shape index (κ2) is 8.40. The van der Waals surface area contributed by atoms with Gasteiger partial charge in [0.15, 0.2) is 11.4 Å². The molecule has 2 heterocycles. The van der Waals surface area contributed by atoms with E-state index < -0.39 is 0 Å². The molecule has 0 aliphatic rings. The van der Waals surface area contributed by atoms with Crippen molar-refractivity contribution in [3.8, 4) is 22.4 Å². The zero-order valence-electron chi connectivity index (χ0n) is 21.6. The Morgan fingerprint density at radius 1 is 0.800 bits per heavy atom. The van der Waals surface area contributed by atoms with E-state index in [4.69, 9.17) is 11.0 Å². The number of nitrogens with zero attached hydrogens (tertiary/aromatic N) is 2. The Kier molecular flexibility index (Phi) is 5.49. The molecule has 0 N–H and O–H groups in total. The van der Waals surface area contributed by atoms with Gasteiger partial charge in [-0.05, 0) is 43.4 Å². The van der Waals surface area contributed by atoms with Crippen molar-refractivity contribution in [1.29, 1.82) is 0 Å². The van der Waals surface area contributed by atoms with E-state index in [1.165, 1.54) is 27.9 Å². The minimum absolute atomic E-state index is 0.461. The fourth-order valence-electron chi connectivity index (χ4n) is 5.54. The summed E-state index contributed by atoms with van der Waals surface area (Å²) in [6, 6.07) is 18.9. The maximum atomic E-state index is 7.81. The van der Waals surface area contributed by atoms with Gasteiger partial charge in [0.1, 0.15) is 18.2 Å². The molecule has 0 aliphatic carbocycles. The molecular formula is C32H31N2O+. The van der Waals surface area contributed by atoms with Crippen LogP contribution in [0.15, 0.2) is 59.0 Å². The quantitative estimate of drug-likeness (QED) is 0.195. The van der Waals surface area contributed by atoms with E-state index in [9.17, 15) is 0 Å². The smallest absolute Gasteiger partial charge is 0.216 e. The summed E-state index contributed by atoms with van der Waals surface area (Å²) >= 11 is 0. The first-order valence-electron chi connectivity index (χ1n) is 12.2. The first kappa shape index (κ1) is 22.9. The molecule has 0 aliphatic heterocycles. The predicted molar refractivity (Wildman–Crippen MR) is 145 cm³/mol. The predicted octanol–water partition coefficient (Wildman–Crippen LogP) is 8.65. The third kappa shape index (κ3) is 3.53. The molecular weight excluding hydrogens is 428 g/mol. The Labute approximate surface area is 207 Å². The normalized spacial score (nSPS) is 11.5. The molecule has 0 saturated carbocycles. The van der Waals surface area contributed by atoms with Crippen LogP contribution in [0.1, 0.15) is 47.7 Å². The second-order valence-electron chi connectivity index (χ2n) is 9.98. The lowest BCUT2D eigenvalue weighted by Crippen LogP contribution is -2.37. The molecule has 0 bridgehead atoms. The van der Waals surface area contributed by atoms with E-state index in [0.29, 0.717) is 11.6 Å². The van der Waals surface area contributed by atoms with Crippen molar-refractivity contribution in [2.24, 2.45) is 7.05 Å². The number of hydrogen-bond acceptors (Lipinski definition) is 1. The zero-order valence-corrected chi connectivity index (χ0v) is 21.6. The molecule has 0 radical (unpaired) electrons. The van der Waals surface area contributed by atoms with Gasteiger partial charge in [0.25, 0.3) is 0 Å². The summed E-state index contributed by atoms with van der Waals surface area (Å²) in [5, 5.41) is 2.12. The SMILES string of the molecule is [C-]#[N+]c1ccc2c(oc3c(-c4cc(C)c(C(C)C)c(C)[n+]4C)c(C)ccc32)c1-c1ccc(C)cc1. The molecule has 5 aromatic rings. The van der Waals surface area contributed by atoms with Crippen LogP contribution in [0.25, 0.3) is 49.2 Å². The first-order chi connectivity index (χ1) is 16.7. The molecule has 5 rings (SSSR count).